The van der Waals surface area contributed by atoms with Crippen molar-refractivity contribution < 1.29 is 9.59 Å². The molecule has 0 aromatic rings. The van der Waals surface area contributed by atoms with Crippen molar-refractivity contribution in [3.63, 3.8) is 0 Å². The van der Waals surface area contributed by atoms with E-state index in [-0.39, 0.29) is 5.91 Å². The van der Waals surface area contributed by atoms with Crippen molar-refractivity contribution in [2.24, 2.45) is 11.5 Å². The molecule has 84 valence electrons. The van der Waals surface area contributed by atoms with E-state index in [0.29, 0.717) is 13.0 Å². The largest absolute Gasteiger partial charge is 0.368 e. The predicted octanol–water partition coefficient (Wildman–Crippen LogP) is -0.656. The molecular formula is C10H17N3O2. The molecule has 1 atom stereocenters. The second-order valence-electron chi connectivity index (χ2n) is 4.57. The minimum absolute atomic E-state index is 0.0879. The monoisotopic (exact) mass is 211 g/mol. The number of carbonyl (C=O) groups excluding carboxylic acids is 2. The molecule has 1 saturated heterocycles. The molecule has 15 heavy (non-hydrogen) atoms. The van der Waals surface area contributed by atoms with Crippen LogP contribution < -0.4 is 11.5 Å². The normalized spacial score (nSPS) is 28.6. The van der Waals surface area contributed by atoms with Crippen molar-refractivity contribution in [3.05, 3.63) is 0 Å². The van der Waals surface area contributed by atoms with Crippen LogP contribution >= 0.6 is 0 Å². The Morgan fingerprint density at radius 1 is 1.27 bits per heavy atom. The SMILES string of the molecule is NC(=O)C1CCN1C(=O)C1(N)CCCC1. The smallest absolute Gasteiger partial charge is 0.243 e. The number of nitrogens with zero attached hydrogens (tertiary/aromatic N) is 1. The fourth-order valence-electron chi connectivity index (χ4n) is 2.43. The Kier molecular flexibility index (Phi) is 2.42. The first kappa shape index (κ1) is 10.4. The molecule has 4 N–H and O–H groups in total. The first-order valence-electron chi connectivity index (χ1n) is 5.44. The van der Waals surface area contributed by atoms with Crippen molar-refractivity contribution in [1.82, 2.24) is 4.90 Å². The highest BCUT2D eigenvalue weighted by atomic mass is 16.2. The van der Waals surface area contributed by atoms with Crippen LogP contribution in [0.15, 0.2) is 0 Å². The summed E-state index contributed by atoms with van der Waals surface area (Å²) in [5, 5.41) is 0. The Bertz CT molecular complexity index is 297. The fraction of sp³-hybridized carbons (Fsp3) is 0.800. The molecule has 0 bridgehead atoms. The van der Waals surface area contributed by atoms with Gasteiger partial charge < -0.3 is 16.4 Å². The highest BCUT2D eigenvalue weighted by Gasteiger charge is 2.46. The lowest BCUT2D eigenvalue weighted by atomic mass is 9.92. The van der Waals surface area contributed by atoms with Gasteiger partial charge >= 0.3 is 0 Å². The van der Waals surface area contributed by atoms with E-state index < -0.39 is 17.5 Å². The van der Waals surface area contributed by atoms with E-state index in [0.717, 1.165) is 25.7 Å². The zero-order chi connectivity index (χ0) is 11.1. The van der Waals surface area contributed by atoms with Crippen LogP contribution in [0.2, 0.25) is 0 Å². The molecule has 2 rings (SSSR count). The van der Waals surface area contributed by atoms with Gasteiger partial charge in [-0.2, -0.15) is 0 Å². The summed E-state index contributed by atoms with van der Waals surface area (Å²) in [4.78, 5) is 24.6. The van der Waals surface area contributed by atoms with Crippen molar-refractivity contribution in [2.75, 3.05) is 6.54 Å². The van der Waals surface area contributed by atoms with Gasteiger partial charge in [-0.3, -0.25) is 9.59 Å². The molecule has 0 aromatic heterocycles. The van der Waals surface area contributed by atoms with Gasteiger partial charge in [0.2, 0.25) is 11.8 Å². The molecule has 1 heterocycles. The van der Waals surface area contributed by atoms with Gasteiger partial charge in [0.25, 0.3) is 0 Å². The van der Waals surface area contributed by atoms with Crippen molar-refractivity contribution in [1.29, 1.82) is 0 Å². The van der Waals surface area contributed by atoms with Crippen LogP contribution in [0.1, 0.15) is 32.1 Å². The third kappa shape index (κ3) is 1.61. The van der Waals surface area contributed by atoms with Gasteiger partial charge in [-0.05, 0) is 19.3 Å². The maximum atomic E-state index is 12.1. The molecule has 2 amide bonds. The van der Waals surface area contributed by atoms with E-state index >= 15 is 0 Å². The molecule has 2 aliphatic rings. The minimum Gasteiger partial charge on any atom is -0.368 e. The van der Waals surface area contributed by atoms with Crippen molar-refractivity contribution in [3.8, 4) is 0 Å². The van der Waals surface area contributed by atoms with E-state index in [4.69, 9.17) is 11.5 Å². The van der Waals surface area contributed by atoms with Crippen LogP contribution in [-0.4, -0.2) is 34.8 Å². The molecule has 5 nitrogen and oxygen atoms in total. The fourth-order valence-corrected chi connectivity index (χ4v) is 2.43. The number of hydrogen-bond acceptors (Lipinski definition) is 3. The van der Waals surface area contributed by atoms with E-state index in [1.54, 1.807) is 0 Å². The number of amides is 2. The zero-order valence-corrected chi connectivity index (χ0v) is 8.74. The van der Waals surface area contributed by atoms with Gasteiger partial charge in [0.15, 0.2) is 0 Å². The van der Waals surface area contributed by atoms with E-state index in [9.17, 15) is 9.59 Å². The highest BCUT2D eigenvalue weighted by molar-refractivity contribution is 5.93. The summed E-state index contributed by atoms with van der Waals surface area (Å²) in [6, 6.07) is -0.418. The molecule has 0 aromatic carbocycles. The third-order valence-corrected chi connectivity index (χ3v) is 3.53. The molecule has 1 saturated carbocycles. The summed E-state index contributed by atoms with van der Waals surface area (Å²) in [6.07, 6.45) is 4.13. The Balaban J connectivity index is 2.05. The lowest BCUT2D eigenvalue weighted by Crippen LogP contribution is -2.64. The standard InChI is InChI=1S/C10H17N3O2/c11-8(14)7-3-6-13(7)9(15)10(12)4-1-2-5-10/h7H,1-6,12H2,(H2,11,14). The molecule has 5 heteroatoms. The van der Waals surface area contributed by atoms with E-state index in [2.05, 4.69) is 0 Å². The lowest BCUT2D eigenvalue weighted by Gasteiger charge is -2.42. The van der Waals surface area contributed by atoms with Gasteiger partial charge in [-0.1, -0.05) is 12.8 Å². The van der Waals surface area contributed by atoms with Gasteiger partial charge in [-0.15, -0.1) is 0 Å². The summed E-state index contributed by atoms with van der Waals surface area (Å²) in [7, 11) is 0. The van der Waals surface area contributed by atoms with Crippen LogP contribution in [0.4, 0.5) is 0 Å². The molecule has 1 unspecified atom stereocenters. The third-order valence-electron chi connectivity index (χ3n) is 3.53. The summed E-state index contributed by atoms with van der Waals surface area (Å²) in [5.41, 5.74) is 10.5. The second-order valence-corrected chi connectivity index (χ2v) is 4.57. The predicted molar refractivity (Wildman–Crippen MR) is 54.7 cm³/mol. The van der Waals surface area contributed by atoms with Crippen LogP contribution in [0.25, 0.3) is 0 Å². The first-order chi connectivity index (χ1) is 7.04. The number of rotatable bonds is 2. The number of hydrogen-bond donors (Lipinski definition) is 2. The highest BCUT2D eigenvalue weighted by Crippen LogP contribution is 2.31. The molecule has 0 radical (unpaired) electrons. The maximum absolute atomic E-state index is 12.1. The Morgan fingerprint density at radius 2 is 1.87 bits per heavy atom. The topological polar surface area (TPSA) is 89.4 Å². The Hall–Kier alpha value is -1.10. The van der Waals surface area contributed by atoms with Gasteiger partial charge in [0.05, 0.1) is 5.54 Å². The van der Waals surface area contributed by atoms with Crippen molar-refractivity contribution in [2.45, 2.75) is 43.7 Å². The average Bonchev–Trinajstić information content (AvgIpc) is 2.50. The van der Waals surface area contributed by atoms with Crippen molar-refractivity contribution >= 4 is 11.8 Å². The van der Waals surface area contributed by atoms with Gasteiger partial charge in [-0.25, -0.2) is 0 Å². The maximum Gasteiger partial charge on any atom is 0.243 e. The summed E-state index contributed by atoms with van der Waals surface area (Å²) in [5.74, 6) is -0.508. The number of primary amides is 1. The zero-order valence-electron chi connectivity index (χ0n) is 8.74. The van der Waals surface area contributed by atoms with Crippen LogP contribution in [0.3, 0.4) is 0 Å². The summed E-state index contributed by atoms with van der Waals surface area (Å²) < 4.78 is 0. The molecule has 1 aliphatic heterocycles. The molecule has 2 fully saturated rings. The molecule has 0 spiro atoms. The molecule has 1 aliphatic carbocycles. The van der Waals surface area contributed by atoms with Crippen LogP contribution in [0.5, 0.6) is 0 Å². The summed E-state index contributed by atoms with van der Waals surface area (Å²) in [6.45, 7) is 0.616. The lowest BCUT2D eigenvalue weighted by molar-refractivity contribution is -0.150. The quantitative estimate of drug-likeness (QED) is 0.635. The van der Waals surface area contributed by atoms with Gasteiger partial charge in [0, 0.05) is 6.54 Å². The van der Waals surface area contributed by atoms with E-state index in [1.165, 1.54) is 4.90 Å². The number of nitrogens with two attached hydrogens (primary N) is 2. The molecular weight excluding hydrogens is 194 g/mol. The van der Waals surface area contributed by atoms with Crippen LogP contribution in [-0.2, 0) is 9.59 Å². The number of likely N-dealkylation sites (tertiary alicyclic amines) is 1. The van der Waals surface area contributed by atoms with Gasteiger partial charge in [0.1, 0.15) is 6.04 Å². The minimum atomic E-state index is -0.728. The summed E-state index contributed by atoms with van der Waals surface area (Å²) >= 11 is 0. The second kappa shape index (κ2) is 3.48. The average molecular weight is 211 g/mol. The Labute approximate surface area is 88.8 Å². The van der Waals surface area contributed by atoms with Crippen LogP contribution in [0, 0.1) is 0 Å². The Morgan fingerprint density at radius 3 is 2.27 bits per heavy atom. The van der Waals surface area contributed by atoms with E-state index in [1.807, 2.05) is 0 Å². The first-order valence-corrected chi connectivity index (χ1v) is 5.44. The number of carbonyl (C=O) groups is 2.